The molecule has 2 N–H and O–H groups in total. The number of hydrogen-bond acceptors (Lipinski definition) is 3. The first kappa shape index (κ1) is 10.5. The first-order chi connectivity index (χ1) is 8.02. The van der Waals surface area contributed by atoms with E-state index in [0.717, 1.165) is 0 Å². The number of anilines is 1. The van der Waals surface area contributed by atoms with Crippen LogP contribution in [0.4, 0.5) is 10.1 Å². The van der Waals surface area contributed by atoms with Gasteiger partial charge in [0.05, 0.1) is 0 Å². The second-order valence-corrected chi connectivity index (χ2v) is 4.62. The van der Waals surface area contributed by atoms with Gasteiger partial charge in [0.15, 0.2) is 0 Å². The molecule has 0 spiro atoms. The molecule has 5 heteroatoms. The summed E-state index contributed by atoms with van der Waals surface area (Å²) in [7, 11) is 0. The smallest absolute Gasteiger partial charge is 0.221 e. The van der Waals surface area contributed by atoms with Gasteiger partial charge in [-0.15, -0.1) is 0 Å². The number of amides is 1. The lowest BCUT2D eigenvalue weighted by Gasteiger charge is -2.27. The van der Waals surface area contributed by atoms with Crippen LogP contribution in [0, 0.1) is 5.82 Å². The molecule has 0 saturated carbocycles. The molecule has 0 radical (unpaired) electrons. The molecule has 90 valence electrons. The van der Waals surface area contributed by atoms with Gasteiger partial charge in [-0.25, -0.2) is 4.39 Å². The van der Waals surface area contributed by atoms with Crippen LogP contribution in [-0.2, 0) is 10.4 Å². The van der Waals surface area contributed by atoms with Gasteiger partial charge in [-0.3, -0.25) is 4.79 Å². The number of carbonyl (C=O) groups excluding carboxylic acids is 1. The van der Waals surface area contributed by atoms with Gasteiger partial charge < -0.3 is 15.3 Å². The Morgan fingerprint density at radius 3 is 3.12 bits per heavy atom. The van der Waals surface area contributed by atoms with Crippen molar-refractivity contribution >= 4 is 11.6 Å². The number of hydrogen-bond donors (Lipinski definition) is 2. The fraction of sp³-hybridized carbons (Fsp3) is 0.417. The van der Waals surface area contributed by atoms with Gasteiger partial charge in [0.25, 0.3) is 0 Å². The Morgan fingerprint density at radius 1 is 1.65 bits per heavy atom. The van der Waals surface area contributed by atoms with E-state index < -0.39 is 11.8 Å². The zero-order chi connectivity index (χ0) is 12.2. The number of fused-ring (bicyclic) bond motifs is 3. The minimum atomic E-state index is -1.16. The Balaban J connectivity index is 2.07. The maximum atomic E-state index is 13.2. The molecule has 3 rings (SSSR count). The molecule has 2 atom stereocenters. The van der Waals surface area contributed by atoms with Crippen LogP contribution >= 0.6 is 0 Å². The number of nitrogens with zero attached hydrogens (tertiary/aromatic N) is 1. The standard InChI is InChI=1S/C12H13FN2O2/c1-7(16)15-5-4-12(17)9-6-8(13)2-3-10(9)14-11(12)15/h2-3,6,11,14,17H,4-5H2,1H3/t11-,12+/m0/s1. The summed E-state index contributed by atoms with van der Waals surface area (Å²) in [5.74, 6) is -0.465. The second kappa shape index (κ2) is 3.20. The van der Waals surface area contributed by atoms with Gasteiger partial charge in [0.1, 0.15) is 17.6 Å². The van der Waals surface area contributed by atoms with E-state index in [0.29, 0.717) is 24.2 Å². The summed E-state index contributed by atoms with van der Waals surface area (Å²) < 4.78 is 13.2. The zero-order valence-electron chi connectivity index (χ0n) is 9.40. The first-order valence-electron chi connectivity index (χ1n) is 5.58. The highest BCUT2D eigenvalue weighted by atomic mass is 19.1. The van der Waals surface area contributed by atoms with E-state index in [1.54, 1.807) is 11.0 Å². The fourth-order valence-corrected chi connectivity index (χ4v) is 2.78. The Bertz CT molecular complexity index is 505. The number of carbonyl (C=O) groups is 1. The van der Waals surface area contributed by atoms with E-state index in [-0.39, 0.29) is 11.7 Å². The fourth-order valence-electron chi connectivity index (χ4n) is 2.78. The Hall–Kier alpha value is -1.62. The third-order valence-electron chi connectivity index (χ3n) is 3.64. The molecule has 1 saturated heterocycles. The van der Waals surface area contributed by atoms with Gasteiger partial charge >= 0.3 is 0 Å². The average Bonchev–Trinajstić information content (AvgIpc) is 2.72. The average molecular weight is 236 g/mol. The molecule has 1 aromatic rings. The van der Waals surface area contributed by atoms with Crippen molar-refractivity contribution in [1.29, 1.82) is 0 Å². The SMILES string of the molecule is CC(=O)N1CC[C@@]2(O)c3cc(F)ccc3N[C@@H]12. The predicted octanol–water partition coefficient (Wildman–Crippen LogP) is 1.02. The van der Waals surface area contributed by atoms with Crippen LogP contribution < -0.4 is 5.32 Å². The lowest BCUT2D eigenvalue weighted by molar-refractivity contribution is -0.131. The zero-order valence-corrected chi connectivity index (χ0v) is 9.40. The van der Waals surface area contributed by atoms with Crippen LogP contribution in [0.15, 0.2) is 18.2 Å². The van der Waals surface area contributed by atoms with Crippen LogP contribution in [0.3, 0.4) is 0 Å². The largest absolute Gasteiger partial charge is 0.381 e. The molecule has 17 heavy (non-hydrogen) atoms. The van der Waals surface area contributed by atoms with E-state index >= 15 is 0 Å². The lowest BCUT2D eigenvalue weighted by Crippen LogP contribution is -2.45. The van der Waals surface area contributed by atoms with Crippen molar-refractivity contribution in [2.24, 2.45) is 0 Å². The molecule has 2 heterocycles. The van der Waals surface area contributed by atoms with Crippen LogP contribution in [0.5, 0.6) is 0 Å². The number of likely N-dealkylation sites (tertiary alicyclic amines) is 1. The highest BCUT2D eigenvalue weighted by molar-refractivity contribution is 5.76. The van der Waals surface area contributed by atoms with E-state index in [2.05, 4.69) is 5.32 Å². The molecule has 0 aromatic heterocycles. The van der Waals surface area contributed by atoms with Crippen LogP contribution in [0.2, 0.25) is 0 Å². The van der Waals surface area contributed by atoms with Gasteiger partial charge in [-0.05, 0) is 18.2 Å². The van der Waals surface area contributed by atoms with Gasteiger partial charge in [-0.1, -0.05) is 0 Å². The highest BCUT2D eigenvalue weighted by Gasteiger charge is 2.53. The quantitative estimate of drug-likeness (QED) is 0.707. The van der Waals surface area contributed by atoms with Crippen molar-refractivity contribution < 1.29 is 14.3 Å². The summed E-state index contributed by atoms with van der Waals surface area (Å²) in [6.07, 6.45) is -0.0439. The number of rotatable bonds is 0. The van der Waals surface area contributed by atoms with Gasteiger partial charge in [0.2, 0.25) is 5.91 Å². The maximum absolute atomic E-state index is 13.2. The summed E-state index contributed by atoms with van der Waals surface area (Å²) in [5.41, 5.74) is 0.0828. The number of aliphatic hydroxyl groups is 1. The summed E-state index contributed by atoms with van der Waals surface area (Å²) in [4.78, 5) is 13.0. The van der Waals surface area contributed by atoms with E-state index in [9.17, 15) is 14.3 Å². The Kier molecular flexibility index (Phi) is 1.98. The molecule has 4 nitrogen and oxygen atoms in total. The third kappa shape index (κ3) is 1.29. The highest BCUT2D eigenvalue weighted by Crippen LogP contribution is 2.46. The normalized spacial score (nSPS) is 29.8. The van der Waals surface area contributed by atoms with Crippen molar-refractivity contribution in [3.63, 3.8) is 0 Å². The molecule has 0 aliphatic carbocycles. The van der Waals surface area contributed by atoms with Crippen LogP contribution in [0.1, 0.15) is 18.9 Å². The van der Waals surface area contributed by atoms with Crippen molar-refractivity contribution in [3.05, 3.63) is 29.6 Å². The number of benzene rings is 1. The topological polar surface area (TPSA) is 52.6 Å². The minimum Gasteiger partial charge on any atom is -0.381 e. The minimum absolute atomic E-state index is 0.0910. The molecule has 1 fully saturated rings. The van der Waals surface area contributed by atoms with E-state index in [1.165, 1.54) is 19.1 Å². The Morgan fingerprint density at radius 2 is 2.41 bits per heavy atom. The molecule has 0 unspecified atom stereocenters. The third-order valence-corrected chi connectivity index (χ3v) is 3.64. The maximum Gasteiger partial charge on any atom is 0.221 e. The molecule has 0 bridgehead atoms. The van der Waals surface area contributed by atoms with Gasteiger partial charge in [-0.2, -0.15) is 0 Å². The number of halogens is 1. The summed E-state index contributed by atoms with van der Waals surface area (Å²) in [5, 5.41) is 13.7. The van der Waals surface area contributed by atoms with E-state index in [4.69, 9.17) is 0 Å². The molecule has 2 aliphatic heterocycles. The van der Waals surface area contributed by atoms with Crippen LogP contribution in [0.25, 0.3) is 0 Å². The summed E-state index contributed by atoms with van der Waals surface area (Å²) in [6.45, 7) is 1.95. The number of nitrogens with one attached hydrogen (secondary N) is 1. The second-order valence-electron chi connectivity index (χ2n) is 4.62. The van der Waals surface area contributed by atoms with Gasteiger partial charge in [0, 0.05) is 31.1 Å². The monoisotopic (exact) mass is 236 g/mol. The first-order valence-corrected chi connectivity index (χ1v) is 5.58. The lowest BCUT2D eigenvalue weighted by atomic mass is 9.93. The molecule has 1 amide bonds. The summed E-state index contributed by atoms with van der Waals surface area (Å²) in [6, 6.07) is 4.28. The van der Waals surface area contributed by atoms with Crippen molar-refractivity contribution in [2.45, 2.75) is 25.1 Å². The molecular formula is C12H13FN2O2. The summed E-state index contributed by atoms with van der Waals surface area (Å²) >= 11 is 0. The van der Waals surface area contributed by atoms with Crippen molar-refractivity contribution in [1.82, 2.24) is 4.90 Å². The predicted molar refractivity (Wildman–Crippen MR) is 59.7 cm³/mol. The van der Waals surface area contributed by atoms with Crippen LogP contribution in [-0.4, -0.2) is 28.6 Å². The van der Waals surface area contributed by atoms with Crippen molar-refractivity contribution in [2.75, 3.05) is 11.9 Å². The molecule has 2 aliphatic rings. The van der Waals surface area contributed by atoms with Crippen molar-refractivity contribution in [3.8, 4) is 0 Å². The Labute approximate surface area is 98.0 Å². The molecule has 1 aromatic carbocycles. The van der Waals surface area contributed by atoms with E-state index in [1.807, 2.05) is 0 Å². The molecular weight excluding hydrogens is 223 g/mol.